The highest BCUT2D eigenvalue weighted by Crippen LogP contribution is 2.25. The Morgan fingerprint density at radius 2 is 1.61 bits per heavy atom. The molecule has 41 heavy (non-hydrogen) atoms. The lowest BCUT2D eigenvalue weighted by Crippen LogP contribution is -2.45. The number of nitrogens with zero attached hydrogens (tertiary/aromatic N) is 1. The number of sulfonamides is 1. The Balaban J connectivity index is 1.15. The van der Waals surface area contributed by atoms with Crippen molar-refractivity contribution in [3.05, 3.63) is 41.0 Å². The van der Waals surface area contributed by atoms with Crippen molar-refractivity contribution in [1.29, 1.82) is 0 Å². The Morgan fingerprint density at radius 3 is 2.22 bits per heavy atom. The molecule has 224 valence electrons. The average molecular weight is 590 g/mol. The summed E-state index contributed by atoms with van der Waals surface area (Å²) in [4.78, 5) is 50.0. The highest BCUT2D eigenvalue weighted by molar-refractivity contribution is 7.90. The number of urea groups is 2. The Hall–Kier alpha value is -3.61. The summed E-state index contributed by atoms with van der Waals surface area (Å²) in [6, 6.07) is 4.90. The van der Waals surface area contributed by atoms with Crippen LogP contribution < -0.4 is 20.7 Å². The fraction of sp³-hybridized carbons (Fsp3) is 0.571. The van der Waals surface area contributed by atoms with Gasteiger partial charge >= 0.3 is 18.2 Å². The van der Waals surface area contributed by atoms with Gasteiger partial charge in [-0.15, -0.1) is 0 Å². The summed E-state index contributed by atoms with van der Waals surface area (Å²) in [5.41, 5.74) is 2.36. The molecule has 2 saturated carbocycles. The van der Waals surface area contributed by atoms with Crippen molar-refractivity contribution in [3.8, 4) is 0 Å². The van der Waals surface area contributed by atoms with Gasteiger partial charge in [0.1, 0.15) is 0 Å². The number of carbonyl (C=O) groups is 4. The molecule has 1 aromatic carbocycles. The van der Waals surface area contributed by atoms with Crippen molar-refractivity contribution in [2.45, 2.75) is 82.2 Å². The number of amides is 6. The lowest BCUT2D eigenvalue weighted by Gasteiger charge is -2.28. The van der Waals surface area contributed by atoms with E-state index >= 15 is 0 Å². The van der Waals surface area contributed by atoms with Crippen LogP contribution in [0.5, 0.6) is 0 Å². The van der Waals surface area contributed by atoms with Gasteiger partial charge in [-0.25, -0.2) is 27.5 Å². The van der Waals surface area contributed by atoms with E-state index in [9.17, 15) is 27.6 Å². The van der Waals surface area contributed by atoms with E-state index in [1.54, 1.807) is 12.1 Å². The van der Waals surface area contributed by atoms with Crippen LogP contribution >= 0.6 is 0 Å². The molecule has 12 nitrogen and oxygen atoms in total. The van der Waals surface area contributed by atoms with Gasteiger partial charge in [-0.1, -0.05) is 19.1 Å². The maximum atomic E-state index is 12.7. The third kappa shape index (κ3) is 8.44. The number of benzene rings is 1. The van der Waals surface area contributed by atoms with E-state index in [0.29, 0.717) is 37.9 Å². The van der Waals surface area contributed by atoms with Crippen molar-refractivity contribution in [1.82, 2.24) is 25.6 Å². The molecule has 0 unspecified atom stereocenters. The van der Waals surface area contributed by atoms with Crippen LogP contribution in [0.25, 0.3) is 0 Å². The third-order valence-electron chi connectivity index (χ3n) is 7.69. The molecule has 1 aromatic rings. The molecule has 4 N–H and O–H groups in total. The smallest absolute Gasteiger partial charge is 0.407 e. The van der Waals surface area contributed by atoms with Gasteiger partial charge in [0.15, 0.2) is 0 Å². The van der Waals surface area contributed by atoms with E-state index in [0.717, 1.165) is 36.8 Å². The normalized spacial score (nSPS) is 20.9. The van der Waals surface area contributed by atoms with Crippen LogP contribution in [0, 0.1) is 5.92 Å². The third-order valence-corrected chi connectivity index (χ3v) is 9.04. The highest BCUT2D eigenvalue weighted by Gasteiger charge is 2.31. The van der Waals surface area contributed by atoms with Gasteiger partial charge in [-0.05, 0) is 87.5 Å². The predicted molar refractivity (Wildman–Crippen MR) is 150 cm³/mol. The van der Waals surface area contributed by atoms with Crippen molar-refractivity contribution in [3.63, 3.8) is 0 Å². The molecule has 3 aliphatic rings. The van der Waals surface area contributed by atoms with E-state index in [1.807, 2.05) is 13.8 Å². The van der Waals surface area contributed by atoms with Gasteiger partial charge in [0.25, 0.3) is 15.9 Å². The lowest BCUT2D eigenvalue weighted by molar-refractivity contribution is -0.123. The van der Waals surface area contributed by atoms with E-state index in [-0.39, 0.29) is 48.0 Å². The monoisotopic (exact) mass is 589 g/mol. The van der Waals surface area contributed by atoms with E-state index in [4.69, 9.17) is 4.74 Å². The number of nitrogens with one attached hydrogen (secondary N) is 4. The summed E-state index contributed by atoms with van der Waals surface area (Å²) < 4.78 is 32.8. The minimum absolute atomic E-state index is 0.0536. The molecule has 0 bridgehead atoms. The Morgan fingerprint density at radius 1 is 0.976 bits per heavy atom. The number of hydrogen-bond acceptors (Lipinski definition) is 7. The summed E-state index contributed by atoms with van der Waals surface area (Å²) in [7, 11) is -4.07. The molecule has 4 rings (SSSR count). The maximum absolute atomic E-state index is 12.7. The summed E-state index contributed by atoms with van der Waals surface area (Å²) >= 11 is 0. The molecule has 2 fully saturated rings. The topological polar surface area (TPSA) is 163 Å². The number of ether oxygens (including phenoxy) is 1. The molecule has 0 aromatic heterocycles. The Labute approximate surface area is 240 Å². The average Bonchev–Trinajstić information content (AvgIpc) is 3.70. The number of imide groups is 1. The number of carbonyl (C=O) groups excluding carboxylic acids is 4. The van der Waals surface area contributed by atoms with E-state index < -0.39 is 22.1 Å². The number of rotatable bonds is 10. The standard InChI is InChI=1S/C28H39N5O7S/c1-3-24-18(2)16-33(25(24)34)27(36)29-15-14-19-6-12-23(13-7-19)41(38,39)32-26(35)30-21-8-4-20(5-9-21)17-40-28(37)31-22-10-11-22/h6-7,12-13,20-22H,3-5,8-11,14-17H2,1-2H3,(H,29,36)(H,31,37)(H2,30,32,35). The van der Waals surface area contributed by atoms with E-state index in [2.05, 4.69) is 20.7 Å². The number of hydrogen-bond donors (Lipinski definition) is 4. The molecule has 1 heterocycles. The van der Waals surface area contributed by atoms with Gasteiger partial charge in [0, 0.05) is 24.2 Å². The first-order valence-electron chi connectivity index (χ1n) is 14.2. The molecule has 6 amide bonds. The van der Waals surface area contributed by atoms with Crippen LogP contribution in [0.1, 0.15) is 64.4 Å². The Kier molecular flexibility index (Phi) is 9.90. The summed E-state index contributed by atoms with van der Waals surface area (Å²) in [5.74, 6) is -0.0461. The SMILES string of the molecule is CCC1=C(C)CN(C(=O)NCCc2ccc(S(=O)(=O)NC(=O)NC3CCC(COC(=O)NC4CC4)CC3)cc2)C1=O. The van der Waals surface area contributed by atoms with Crippen LogP contribution in [0.4, 0.5) is 14.4 Å². The van der Waals surface area contributed by atoms with Crippen molar-refractivity contribution in [2.24, 2.45) is 5.92 Å². The second-order valence-corrected chi connectivity index (χ2v) is 12.6. The highest BCUT2D eigenvalue weighted by atomic mass is 32.2. The predicted octanol–water partition coefficient (Wildman–Crippen LogP) is 2.94. The molecule has 0 radical (unpaired) electrons. The van der Waals surface area contributed by atoms with Gasteiger partial charge in [0.05, 0.1) is 18.0 Å². The number of alkyl carbamates (subject to hydrolysis) is 1. The summed E-state index contributed by atoms with van der Waals surface area (Å²) in [6.07, 6.45) is 5.49. The van der Waals surface area contributed by atoms with Crippen LogP contribution in [0.3, 0.4) is 0 Å². The molecule has 0 saturated heterocycles. The zero-order valence-corrected chi connectivity index (χ0v) is 24.3. The molecule has 0 atom stereocenters. The van der Waals surface area contributed by atoms with Crippen LogP contribution in [0.15, 0.2) is 40.3 Å². The first-order chi connectivity index (χ1) is 19.6. The summed E-state index contributed by atoms with van der Waals surface area (Å²) in [5, 5.41) is 8.25. The van der Waals surface area contributed by atoms with Crippen LogP contribution in [0.2, 0.25) is 0 Å². The molecule has 13 heteroatoms. The zero-order chi connectivity index (χ0) is 29.6. The Bertz CT molecular complexity index is 1280. The van der Waals surface area contributed by atoms with E-state index in [1.165, 1.54) is 17.0 Å². The van der Waals surface area contributed by atoms with Gasteiger partial charge < -0.3 is 20.7 Å². The maximum Gasteiger partial charge on any atom is 0.407 e. The van der Waals surface area contributed by atoms with Crippen molar-refractivity contribution < 1.29 is 32.3 Å². The molecule has 0 spiro atoms. The molecule has 1 aliphatic heterocycles. The second kappa shape index (κ2) is 13.4. The fourth-order valence-corrected chi connectivity index (χ4v) is 6.03. The minimum Gasteiger partial charge on any atom is -0.449 e. The zero-order valence-electron chi connectivity index (χ0n) is 23.5. The molecular weight excluding hydrogens is 550 g/mol. The summed E-state index contributed by atoms with van der Waals surface area (Å²) in [6.45, 7) is 4.63. The van der Waals surface area contributed by atoms with Crippen molar-refractivity contribution in [2.75, 3.05) is 19.7 Å². The van der Waals surface area contributed by atoms with Gasteiger partial charge in [0.2, 0.25) is 0 Å². The first-order valence-corrected chi connectivity index (χ1v) is 15.7. The molecule has 2 aliphatic carbocycles. The first kappa shape index (κ1) is 30.4. The van der Waals surface area contributed by atoms with Crippen LogP contribution in [-0.4, -0.2) is 69.2 Å². The fourth-order valence-electron chi connectivity index (χ4n) is 5.11. The quantitative estimate of drug-likeness (QED) is 0.326. The van der Waals surface area contributed by atoms with Gasteiger partial charge in [-0.3, -0.25) is 9.69 Å². The van der Waals surface area contributed by atoms with Crippen LogP contribution in [-0.2, 0) is 26.0 Å². The molecular formula is C28H39N5O7S. The van der Waals surface area contributed by atoms with Crippen molar-refractivity contribution >= 4 is 34.1 Å². The lowest BCUT2D eigenvalue weighted by atomic mass is 9.86. The minimum atomic E-state index is -4.07. The second-order valence-electron chi connectivity index (χ2n) is 10.9. The van der Waals surface area contributed by atoms with Gasteiger partial charge in [-0.2, -0.15) is 0 Å². The largest absolute Gasteiger partial charge is 0.449 e.